The van der Waals surface area contributed by atoms with Crippen molar-refractivity contribution in [1.82, 2.24) is 9.88 Å². The van der Waals surface area contributed by atoms with Gasteiger partial charge in [-0.1, -0.05) is 0 Å². The van der Waals surface area contributed by atoms with Crippen LogP contribution in [0.3, 0.4) is 0 Å². The summed E-state index contributed by atoms with van der Waals surface area (Å²) < 4.78 is 38.1. The quantitative estimate of drug-likeness (QED) is 0.803. The molecule has 1 aliphatic rings. The molecule has 21 heavy (non-hydrogen) atoms. The van der Waals surface area contributed by atoms with Crippen molar-refractivity contribution in [2.75, 3.05) is 18.1 Å². The van der Waals surface area contributed by atoms with Gasteiger partial charge in [0.1, 0.15) is 17.7 Å². The van der Waals surface area contributed by atoms with Crippen LogP contribution in [-0.4, -0.2) is 34.8 Å². The van der Waals surface area contributed by atoms with Gasteiger partial charge in [-0.05, 0) is 18.6 Å². The molecule has 3 N–H and O–H groups in total. The molecule has 2 heterocycles. The van der Waals surface area contributed by atoms with E-state index in [0.29, 0.717) is 6.07 Å². The number of amides is 2. The van der Waals surface area contributed by atoms with Crippen LogP contribution in [0, 0.1) is 0 Å². The van der Waals surface area contributed by atoms with E-state index in [1.54, 1.807) is 0 Å². The number of aromatic nitrogens is 1. The van der Waals surface area contributed by atoms with Crippen LogP contribution >= 0.6 is 0 Å². The molecule has 1 fully saturated rings. The Labute approximate surface area is 118 Å². The van der Waals surface area contributed by atoms with Crippen LogP contribution in [0.1, 0.15) is 18.4 Å². The van der Waals surface area contributed by atoms with Crippen LogP contribution in [0.15, 0.2) is 12.1 Å². The maximum Gasteiger partial charge on any atom is 0.416 e. The fourth-order valence-corrected chi connectivity index (χ4v) is 2.02. The monoisotopic (exact) mass is 302 g/mol. The van der Waals surface area contributed by atoms with Gasteiger partial charge in [0.05, 0.1) is 5.56 Å². The average Bonchev–Trinajstić information content (AvgIpc) is 2.38. The Hall–Kier alpha value is -2.32. The number of imide groups is 1. The minimum atomic E-state index is -4.56. The van der Waals surface area contributed by atoms with Crippen molar-refractivity contribution in [3.05, 3.63) is 17.7 Å². The largest absolute Gasteiger partial charge is 0.416 e. The van der Waals surface area contributed by atoms with Gasteiger partial charge in [0.2, 0.25) is 5.91 Å². The van der Waals surface area contributed by atoms with Gasteiger partial charge in [0.15, 0.2) is 0 Å². The number of alkyl halides is 3. The van der Waals surface area contributed by atoms with Crippen molar-refractivity contribution in [2.24, 2.45) is 0 Å². The normalized spacial score (nSPS) is 19.8. The third kappa shape index (κ3) is 3.23. The number of carbonyl (C=O) groups excluding carboxylic acids is 2. The highest BCUT2D eigenvalue weighted by Crippen LogP contribution is 2.31. The standard InChI is InChI=1S/C12H13F3N4O2/c1-19-10(20)3-2-7(11(19)21)17-9-5-6(12(13,14)15)4-8(16)18-9/h4-5,7H,2-3H2,1H3,(H3,16,17,18). The van der Waals surface area contributed by atoms with Crippen LogP contribution in [-0.2, 0) is 15.8 Å². The third-order valence-corrected chi connectivity index (χ3v) is 3.14. The van der Waals surface area contributed by atoms with Crippen LogP contribution in [0.4, 0.5) is 24.8 Å². The molecule has 0 spiro atoms. The van der Waals surface area contributed by atoms with Crippen molar-refractivity contribution in [3.8, 4) is 0 Å². The molecule has 0 saturated carbocycles. The highest BCUT2D eigenvalue weighted by molar-refractivity contribution is 6.01. The van der Waals surface area contributed by atoms with E-state index < -0.39 is 23.7 Å². The first kappa shape index (κ1) is 15.1. The number of nitrogen functional groups attached to an aromatic ring is 1. The van der Waals surface area contributed by atoms with Crippen molar-refractivity contribution in [3.63, 3.8) is 0 Å². The van der Waals surface area contributed by atoms with Gasteiger partial charge in [-0.2, -0.15) is 13.2 Å². The van der Waals surface area contributed by atoms with Crippen LogP contribution < -0.4 is 11.1 Å². The molecule has 1 aromatic rings. The molecule has 0 radical (unpaired) electrons. The number of likely N-dealkylation sites (N-methyl/N-ethyl adjacent to an activating group) is 1. The number of rotatable bonds is 2. The van der Waals surface area contributed by atoms with Crippen LogP contribution in [0.25, 0.3) is 0 Å². The summed E-state index contributed by atoms with van der Waals surface area (Å²) in [5.41, 5.74) is 4.39. The number of carbonyl (C=O) groups is 2. The van der Waals surface area contributed by atoms with Gasteiger partial charge in [0, 0.05) is 13.5 Å². The average molecular weight is 302 g/mol. The van der Waals surface area contributed by atoms with E-state index in [1.807, 2.05) is 0 Å². The summed E-state index contributed by atoms with van der Waals surface area (Å²) >= 11 is 0. The van der Waals surface area contributed by atoms with Crippen molar-refractivity contribution >= 4 is 23.5 Å². The van der Waals surface area contributed by atoms with E-state index in [4.69, 9.17) is 5.73 Å². The SMILES string of the molecule is CN1C(=O)CCC(Nc2cc(C(F)(F)F)cc(N)n2)C1=O. The second-order valence-electron chi connectivity index (χ2n) is 4.69. The summed E-state index contributed by atoms with van der Waals surface area (Å²) in [7, 11) is 1.33. The van der Waals surface area contributed by atoms with Gasteiger partial charge in [-0.3, -0.25) is 14.5 Å². The molecule has 1 aliphatic heterocycles. The molecule has 0 bridgehead atoms. The predicted molar refractivity (Wildman–Crippen MR) is 68.1 cm³/mol. The highest BCUT2D eigenvalue weighted by Gasteiger charge is 2.34. The molecule has 114 valence electrons. The van der Waals surface area contributed by atoms with Crippen molar-refractivity contribution < 1.29 is 22.8 Å². The van der Waals surface area contributed by atoms with Gasteiger partial charge in [-0.15, -0.1) is 0 Å². The number of piperidine rings is 1. The summed E-state index contributed by atoms with van der Waals surface area (Å²) in [6.07, 6.45) is -4.23. The number of nitrogens with one attached hydrogen (secondary N) is 1. The first-order valence-electron chi connectivity index (χ1n) is 6.10. The first-order chi connectivity index (χ1) is 9.68. The molecule has 2 rings (SSSR count). The first-order valence-corrected chi connectivity index (χ1v) is 6.10. The van der Waals surface area contributed by atoms with Gasteiger partial charge in [-0.25, -0.2) is 4.98 Å². The Morgan fingerprint density at radius 1 is 1.38 bits per heavy atom. The molecular formula is C12H13F3N4O2. The number of hydrogen-bond donors (Lipinski definition) is 2. The molecule has 1 unspecified atom stereocenters. The topological polar surface area (TPSA) is 88.3 Å². The fraction of sp³-hybridized carbons (Fsp3) is 0.417. The number of nitrogens with two attached hydrogens (primary N) is 1. The third-order valence-electron chi connectivity index (χ3n) is 3.14. The lowest BCUT2D eigenvalue weighted by molar-refractivity contribution is -0.146. The smallest absolute Gasteiger partial charge is 0.384 e. The molecular weight excluding hydrogens is 289 g/mol. The number of likely N-dealkylation sites (tertiary alicyclic amines) is 1. The summed E-state index contributed by atoms with van der Waals surface area (Å²) in [5.74, 6) is -1.29. The molecule has 1 aromatic heterocycles. The lowest BCUT2D eigenvalue weighted by atomic mass is 10.0. The van der Waals surface area contributed by atoms with Gasteiger partial charge >= 0.3 is 6.18 Å². The maximum atomic E-state index is 12.7. The van der Waals surface area contributed by atoms with Crippen LogP contribution in [0.5, 0.6) is 0 Å². The van der Waals surface area contributed by atoms with E-state index in [-0.39, 0.29) is 30.4 Å². The molecule has 1 saturated heterocycles. The van der Waals surface area contributed by atoms with Gasteiger partial charge in [0.25, 0.3) is 5.91 Å². The summed E-state index contributed by atoms with van der Waals surface area (Å²) in [5, 5.41) is 2.60. The molecule has 9 heteroatoms. The fourth-order valence-electron chi connectivity index (χ4n) is 2.02. The second-order valence-corrected chi connectivity index (χ2v) is 4.69. The Bertz CT molecular complexity index is 588. The molecule has 0 aliphatic carbocycles. The molecule has 0 aromatic carbocycles. The van der Waals surface area contributed by atoms with E-state index >= 15 is 0 Å². The zero-order chi connectivity index (χ0) is 15.8. The zero-order valence-corrected chi connectivity index (χ0v) is 11.1. The number of hydrogen-bond acceptors (Lipinski definition) is 5. The lowest BCUT2D eigenvalue weighted by Gasteiger charge is -2.28. The van der Waals surface area contributed by atoms with E-state index in [0.717, 1.165) is 11.0 Å². The maximum absolute atomic E-state index is 12.7. The van der Waals surface area contributed by atoms with Crippen LogP contribution in [0.2, 0.25) is 0 Å². The van der Waals surface area contributed by atoms with Gasteiger partial charge < -0.3 is 11.1 Å². The zero-order valence-electron chi connectivity index (χ0n) is 11.1. The summed E-state index contributed by atoms with van der Waals surface area (Å²) in [4.78, 5) is 27.9. The highest BCUT2D eigenvalue weighted by atomic mass is 19.4. The Morgan fingerprint density at radius 3 is 2.67 bits per heavy atom. The number of halogens is 3. The Morgan fingerprint density at radius 2 is 2.05 bits per heavy atom. The molecule has 1 atom stereocenters. The minimum Gasteiger partial charge on any atom is -0.384 e. The lowest BCUT2D eigenvalue weighted by Crippen LogP contribution is -2.48. The summed E-state index contributed by atoms with van der Waals surface area (Å²) in [6.45, 7) is 0. The Balaban J connectivity index is 2.22. The van der Waals surface area contributed by atoms with E-state index in [9.17, 15) is 22.8 Å². The number of pyridine rings is 1. The van der Waals surface area contributed by atoms with E-state index in [2.05, 4.69) is 10.3 Å². The summed E-state index contributed by atoms with van der Waals surface area (Å²) in [6, 6.07) is 0.687. The van der Waals surface area contributed by atoms with E-state index in [1.165, 1.54) is 7.05 Å². The molecule has 2 amide bonds. The molecule has 6 nitrogen and oxygen atoms in total. The predicted octanol–water partition coefficient (Wildman–Crippen LogP) is 1.24. The number of nitrogens with zero attached hydrogens (tertiary/aromatic N) is 2. The van der Waals surface area contributed by atoms with Crippen molar-refractivity contribution in [2.45, 2.75) is 25.1 Å². The number of anilines is 2. The minimum absolute atomic E-state index is 0.133. The van der Waals surface area contributed by atoms with Crippen molar-refractivity contribution in [1.29, 1.82) is 0 Å². The second kappa shape index (κ2) is 5.23. The Kier molecular flexibility index (Phi) is 3.75.